The monoisotopic (exact) mass is 326 g/mol. The number of aromatic nitrogens is 3. The Bertz CT molecular complexity index is 863. The minimum Gasteiger partial charge on any atom is -0.396 e. The number of hydrogen-bond donors (Lipinski definition) is 1. The summed E-state index contributed by atoms with van der Waals surface area (Å²) in [6.45, 7) is 1.85. The summed E-state index contributed by atoms with van der Waals surface area (Å²) in [6.07, 6.45) is 3.75. The summed E-state index contributed by atoms with van der Waals surface area (Å²) in [5.41, 5.74) is 1.78. The minimum atomic E-state index is -0.285. The van der Waals surface area contributed by atoms with Gasteiger partial charge in [0.25, 0.3) is 0 Å². The van der Waals surface area contributed by atoms with Crippen molar-refractivity contribution in [3.8, 4) is 11.3 Å². The summed E-state index contributed by atoms with van der Waals surface area (Å²) in [4.78, 5) is 6.75. The van der Waals surface area contributed by atoms with Gasteiger partial charge >= 0.3 is 0 Å². The molecule has 6 heteroatoms. The zero-order valence-corrected chi connectivity index (χ0v) is 13.3. The number of rotatable bonds is 3. The van der Waals surface area contributed by atoms with E-state index in [1.807, 2.05) is 18.2 Å². The van der Waals surface area contributed by atoms with Crippen LogP contribution in [-0.4, -0.2) is 39.4 Å². The molecule has 1 aliphatic rings. The first-order valence-electron chi connectivity index (χ1n) is 8.22. The predicted molar refractivity (Wildman–Crippen MR) is 90.4 cm³/mol. The average Bonchev–Trinajstić information content (AvgIpc) is 3.10. The highest BCUT2D eigenvalue weighted by Crippen LogP contribution is 2.28. The Labute approximate surface area is 139 Å². The molecule has 3 heterocycles. The van der Waals surface area contributed by atoms with Crippen LogP contribution < -0.4 is 4.90 Å². The summed E-state index contributed by atoms with van der Waals surface area (Å²) in [7, 11) is 0. The Morgan fingerprint density at radius 3 is 2.96 bits per heavy atom. The van der Waals surface area contributed by atoms with Gasteiger partial charge in [0.1, 0.15) is 11.6 Å². The molecular weight excluding hydrogens is 307 g/mol. The topological polar surface area (TPSA) is 53.7 Å². The van der Waals surface area contributed by atoms with Crippen LogP contribution in [0.1, 0.15) is 12.8 Å². The van der Waals surface area contributed by atoms with Gasteiger partial charge in [-0.15, -0.1) is 0 Å². The van der Waals surface area contributed by atoms with Gasteiger partial charge in [0, 0.05) is 37.4 Å². The number of hydrogen-bond acceptors (Lipinski definition) is 4. The van der Waals surface area contributed by atoms with E-state index < -0.39 is 0 Å². The first-order valence-corrected chi connectivity index (χ1v) is 8.22. The second-order valence-electron chi connectivity index (χ2n) is 6.22. The van der Waals surface area contributed by atoms with E-state index in [1.54, 1.807) is 22.8 Å². The first kappa shape index (κ1) is 15.1. The van der Waals surface area contributed by atoms with Crippen molar-refractivity contribution in [3.63, 3.8) is 0 Å². The zero-order valence-electron chi connectivity index (χ0n) is 13.3. The maximum absolute atomic E-state index is 14.2. The van der Waals surface area contributed by atoms with Crippen LogP contribution in [0.3, 0.4) is 0 Å². The Hall–Kier alpha value is -2.47. The van der Waals surface area contributed by atoms with Crippen molar-refractivity contribution < 1.29 is 9.50 Å². The van der Waals surface area contributed by atoms with E-state index in [0.29, 0.717) is 16.9 Å². The minimum absolute atomic E-state index is 0.185. The Morgan fingerprint density at radius 1 is 1.25 bits per heavy atom. The van der Waals surface area contributed by atoms with E-state index in [9.17, 15) is 9.50 Å². The third-order valence-electron chi connectivity index (χ3n) is 4.59. The number of nitrogens with zero attached hydrogens (tertiary/aromatic N) is 4. The predicted octanol–water partition coefficient (Wildman–Crippen LogP) is 2.74. The first-order chi connectivity index (χ1) is 11.8. The third kappa shape index (κ3) is 2.63. The highest BCUT2D eigenvalue weighted by atomic mass is 19.1. The number of anilines is 1. The molecule has 24 heavy (non-hydrogen) atoms. The second kappa shape index (κ2) is 6.20. The van der Waals surface area contributed by atoms with E-state index in [1.165, 1.54) is 6.07 Å². The molecule has 0 bridgehead atoms. The Balaban J connectivity index is 1.83. The largest absolute Gasteiger partial charge is 0.396 e. The lowest BCUT2D eigenvalue weighted by molar-refractivity contribution is 0.208. The van der Waals surface area contributed by atoms with E-state index in [0.717, 1.165) is 31.7 Å². The normalized spacial score (nSPS) is 18.2. The molecule has 0 saturated carbocycles. The molecule has 1 saturated heterocycles. The SMILES string of the molecule is OCC1CCCN(c2cc(-c3ccccc3F)nc3ccnn23)C1. The molecule has 0 radical (unpaired) electrons. The van der Waals surface area contributed by atoms with Crippen molar-refractivity contribution in [1.82, 2.24) is 14.6 Å². The van der Waals surface area contributed by atoms with E-state index in [2.05, 4.69) is 15.0 Å². The van der Waals surface area contributed by atoms with E-state index in [4.69, 9.17) is 0 Å². The number of halogens is 1. The van der Waals surface area contributed by atoms with Crippen LogP contribution in [0, 0.1) is 11.7 Å². The van der Waals surface area contributed by atoms with Crippen molar-refractivity contribution in [3.05, 3.63) is 48.4 Å². The molecule has 1 N–H and O–H groups in total. The molecule has 0 aliphatic carbocycles. The van der Waals surface area contributed by atoms with Crippen LogP contribution in [0.4, 0.5) is 10.2 Å². The number of benzene rings is 1. The smallest absolute Gasteiger partial charge is 0.157 e. The highest BCUT2D eigenvalue weighted by molar-refractivity contribution is 5.67. The lowest BCUT2D eigenvalue weighted by Crippen LogP contribution is -2.38. The number of piperidine rings is 1. The molecule has 0 amide bonds. The van der Waals surface area contributed by atoms with Crippen molar-refractivity contribution in [2.75, 3.05) is 24.6 Å². The summed E-state index contributed by atoms with van der Waals surface area (Å²) in [5, 5.41) is 13.8. The van der Waals surface area contributed by atoms with Crippen LogP contribution in [0.2, 0.25) is 0 Å². The molecule has 2 aromatic heterocycles. The second-order valence-corrected chi connectivity index (χ2v) is 6.22. The van der Waals surface area contributed by atoms with E-state index in [-0.39, 0.29) is 18.3 Å². The molecule has 1 aliphatic heterocycles. The van der Waals surface area contributed by atoms with Gasteiger partial charge in [-0.1, -0.05) is 12.1 Å². The van der Waals surface area contributed by atoms with Crippen molar-refractivity contribution >= 4 is 11.5 Å². The molecule has 1 atom stereocenters. The maximum Gasteiger partial charge on any atom is 0.157 e. The van der Waals surface area contributed by atoms with Gasteiger partial charge in [-0.2, -0.15) is 9.61 Å². The Kier molecular flexibility index (Phi) is 3.90. The van der Waals surface area contributed by atoms with Gasteiger partial charge in [-0.3, -0.25) is 0 Å². The quantitative estimate of drug-likeness (QED) is 0.804. The molecule has 1 unspecified atom stereocenters. The van der Waals surface area contributed by atoms with Gasteiger partial charge in [-0.05, 0) is 30.9 Å². The van der Waals surface area contributed by atoms with Crippen molar-refractivity contribution in [2.24, 2.45) is 5.92 Å². The van der Waals surface area contributed by atoms with Gasteiger partial charge in [0.05, 0.1) is 11.9 Å². The number of aliphatic hydroxyl groups is 1. The van der Waals surface area contributed by atoms with Crippen LogP contribution >= 0.6 is 0 Å². The van der Waals surface area contributed by atoms with Crippen LogP contribution in [0.15, 0.2) is 42.6 Å². The summed E-state index contributed by atoms with van der Waals surface area (Å²) in [6, 6.07) is 10.4. The average molecular weight is 326 g/mol. The maximum atomic E-state index is 14.2. The highest BCUT2D eigenvalue weighted by Gasteiger charge is 2.22. The lowest BCUT2D eigenvalue weighted by Gasteiger charge is -2.33. The van der Waals surface area contributed by atoms with Crippen LogP contribution in [0.5, 0.6) is 0 Å². The molecule has 3 aromatic rings. The molecule has 0 spiro atoms. The van der Waals surface area contributed by atoms with Gasteiger partial charge < -0.3 is 10.0 Å². The lowest BCUT2D eigenvalue weighted by atomic mass is 9.99. The summed E-state index contributed by atoms with van der Waals surface area (Å²) < 4.78 is 16.0. The van der Waals surface area contributed by atoms with Gasteiger partial charge in [0.15, 0.2) is 5.65 Å². The van der Waals surface area contributed by atoms with Crippen LogP contribution in [0.25, 0.3) is 16.9 Å². The Morgan fingerprint density at radius 2 is 2.12 bits per heavy atom. The van der Waals surface area contributed by atoms with Crippen molar-refractivity contribution in [1.29, 1.82) is 0 Å². The third-order valence-corrected chi connectivity index (χ3v) is 4.59. The molecule has 124 valence electrons. The zero-order chi connectivity index (χ0) is 16.5. The van der Waals surface area contributed by atoms with E-state index >= 15 is 0 Å². The fraction of sp³-hybridized carbons (Fsp3) is 0.333. The standard InChI is InChI=1S/C18H19FN4O/c19-15-6-2-1-5-14(15)16-10-18(23-17(21-16)7-8-20-23)22-9-3-4-13(11-22)12-24/h1-2,5-8,10,13,24H,3-4,9,11-12H2. The molecule has 4 rings (SSSR count). The molecule has 1 aromatic carbocycles. The fourth-order valence-electron chi connectivity index (χ4n) is 3.35. The van der Waals surface area contributed by atoms with Gasteiger partial charge in [0.2, 0.25) is 0 Å². The molecule has 5 nitrogen and oxygen atoms in total. The fourth-order valence-corrected chi connectivity index (χ4v) is 3.35. The summed E-state index contributed by atoms with van der Waals surface area (Å²) >= 11 is 0. The number of aliphatic hydroxyl groups excluding tert-OH is 1. The molecule has 1 fully saturated rings. The molecular formula is C18H19FN4O. The number of fused-ring (bicyclic) bond motifs is 1. The summed E-state index contributed by atoms with van der Waals surface area (Å²) in [5.74, 6) is 0.863. The van der Waals surface area contributed by atoms with Crippen LogP contribution in [-0.2, 0) is 0 Å². The van der Waals surface area contributed by atoms with Gasteiger partial charge in [-0.25, -0.2) is 9.37 Å². The van der Waals surface area contributed by atoms with Crippen molar-refractivity contribution in [2.45, 2.75) is 12.8 Å².